The highest BCUT2D eigenvalue weighted by Gasteiger charge is 2.24. The van der Waals surface area contributed by atoms with Crippen LogP contribution in [0.1, 0.15) is 17.5 Å². The van der Waals surface area contributed by atoms with Crippen molar-refractivity contribution in [2.45, 2.75) is 19.8 Å². The van der Waals surface area contributed by atoms with Crippen LogP contribution in [0, 0.1) is 27.2 Å². The fourth-order valence-corrected chi connectivity index (χ4v) is 1.64. The van der Waals surface area contributed by atoms with Gasteiger partial charge in [-0.05, 0) is 31.9 Å². The van der Waals surface area contributed by atoms with Crippen molar-refractivity contribution >= 4 is 11.4 Å². The zero-order chi connectivity index (χ0) is 13.0. The van der Waals surface area contributed by atoms with Crippen molar-refractivity contribution < 1.29 is 9.85 Å². The first-order chi connectivity index (χ1) is 7.97. The largest absolute Gasteiger partial charge is 0.330 e. The van der Waals surface area contributed by atoms with E-state index in [-0.39, 0.29) is 23.4 Å². The van der Waals surface area contributed by atoms with E-state index < -0.39 is 9.85 Å². The highest BCUT2D eigenvalue weighted by atomic mass is 16.6. The predicted octanol–water partition coefficient (Wildman–Crippen LogP) is 1.70. The summed E-state index contributed by atoms with van der Waals surface area (Å²) in [5, 5.41) is 21.7. The van der Waals surface area contributed by atoms with Crippen molar-refractivity contribution in [2.24, 2.45) is 5.73 Å². The van der Waals surface area contributed by atoms with E-state index in [2.05, 4.69) is 0 Å². The molecular weight excluding hydrogens is 226 g/mol. The number of hydrogen-bond donors (Lipinski definition) is 1. The summed E-state index contributed by atoms with van der Waals surface area (Å²) < 4.78 is 0. The van der Waals surface area contributed by atoms with Gasteiger partial charge in [0.25, 0.3) is 11.4 Å². The monoisotopic (exact) mass is 239 g/mol. The molecule has 2 N–H and O–H groups in total. The van der Waals surface area contributed by atoms with Gasteiger partial charge in [0.15, 0.2) is 0 Å². The molecule has 1 aromatic carbocycles. The minimum Gasteiger partial charge on any atom is -0.330 e. The summed E-state index contributed by atoms with van der Waals surface area (Å²) in [6.45, 7) is 1.93. The van der Waals surface area contributed by atoms with Crippen LogP contribution in [0.4, 0.5) is 11.4 Å². The third-order valence-electron chi connectivity index (χ3n) is 2.37. The summed E-state index contributed by atoms with van der Waals surface area (Å²) >= 11 is 0. The lowest BCUT2D eigenvalue weighted by Crippen LogP contribution is -2.06. The van der Waals surface area contributed by atoms with Gasteiger partial charge < -0.3 is 5.73 Å². The minimum atomic E-state index is -0.591. The molecule has 0 aromatic heterocycles. The van der Waals surface area contributed by atoms with Crippen LogP contribution in [0.3, 0.4) is 0 Å². The highest BCUT2D eigenvalue weighted by molar-refractivity contribution is 5.56. The Morgan fingerprint density at radius 2 is 1.65 bits per heavy atom. The molecule has 0 saturated carbocycles. The Bertz CT molecular complexity index is 424. The molecule has 0 fully saturated rings. The summed E-state index contributed by atoms with van der Waals surface area (Å²) in [6, 6.07) is 2.69. The Morgan fingerprint density at radius 3 is 2.00 bits per heavy atom. The lowest BCUT2D eigenvalue weighted by atomic mass is 10.0. The molecule has 92 valence electrons. The quantitative estimate of drug-likeness (QED) is 0.620. The van der Waals surface area contributed by atoms with Gasteiger partial charge in [-0.25, -0.2) is 0 Å². The second-order valence-electron chi connectivity index (χ2n) is 3.69. The Hall–Kier alpha value is -2.02. The van der Waals surface area contributed by atoms with E-state index in [1.807, 2.05) is 0 Å². The van der Waals surface area contributed by atoms with E-state index in [1.54, 1.807) is 6.92 Å². The van der Waals surface area contributed by atoms with Gasteiger partial charge in [0.1, 0.15) is 5.56 Å². The molecule has 0 unspecified atom stereocenters. The Balaban J connectivity index is 3.36. The van der Waals surface area contributed by atoms with Crippen molar-refractivity contribution in [1.82, 2.24) is 0 Å². The van der Waals surface area contributed by atoms with Crippen LogP contribution in [0.25, 0.3) is 0 Å². The van der Waals surface area contributed by atoms with E-state index in [0.29, 0.717) is 18.5 Å². The van der Waals surface area contributed by atoms with Gasteiger partial charge in [-0.2, -0.15) is 0 Å². The fourth-order valence-electron chi connectivity index (χ4n) is 1.64. The molecular formula is C10H13N3O4. The van der Waals surface area contributed by atoms with Crippen molar-refractivity contribution in [3.8, 4) is 0 Å². The van der Waals surface area contributed by atoms with E-state index >= 15 is 0 Å². The zero-order valence-electron chi connectivity index (χ0n) is 9.38. The number of nitro groups is 2. The van der Waals surface area contributed by atoms with Gasteiger partial charge in [0.2, 0.25) is 0 Å². The van der Waals surface area contributed by atoms with Gasteiger partial charge in [-0.15, -0.1) is 0 Å². The van der Waals surface area contributed by atoms with Gasteiger partial charge in [-0.1, -0.05) is 0 Å². The molecule has 1 aromatic rings. The SMILES string of the molecule is Cc1cc([N+](=O)[O-])c(CCCN)c([N+](=O)[O-])c1. The second-order valence-corrected chi connectivity index (χ2v) is 3.69. The zero-order valence-corrected chi connectivity index (χ0v) is 9.38. The van der Waals surface area contributed by atoms with Crippen LogP contribution < -0.4 is 5.73 Å². The average molecular weight is 239 g/mol. The minimum absolute atomic E-state index is 0.149. The van der Waals surface area contributed by atoms with Crippen molar-refractivity contribution in [1.29, 1.82) is 0 Å². The molecule has 0 spiro atoms. The summed E-state index contributed by atoms with van der Waals surface area (Å²) in [7, 11) is 0. The molecule has 0 aliphatic rings. The predicted molar refractivity (Wildman–Crippen MR) is 61.9 cm³/mol. The van der Waals surface area contributed by atoms with Gasteiger partial charge in [0, 0.05) is 12.1 Å². The number of nitrogens with zero attached hydrogens (tertiary/aromatic N) is 2. The topological polar surface area (TPSA) is 112 Å². The van der Waals surface area contributed by atoms with Crippen LogP contribution >= 0.6 is 0 Å². The Kier molecular flexibility index (Phi) is 4.11. The maximum atomic E-state index is 10.9. The number of hydrogen-bond acceptors (Lipinski definition) is 5. The third-order valence-corrected chi connectivity index (χ3v) is 2.37. The Morgan fingerprint density at radius 1 is 1.18 bits per heavy atom. The van der Waals surface area contributed by atoms with E-state index in [1.165, 1.54) is 12.1 Å². The molecule has 0 amide bonds. The number of nitro benzene ring substituents is 2. The molecule has 0 heterocycles. The van der Waals surface area contributed by atoms with Crippen LogP contribution in [-0.2, 0) is 6.42 Å². The Labute approximate surface area is 97.5 Å². The molecule has 1 rings (SSSR count). The number of benzene rings is 1. The van der Waals surface area contributed by atoms with Crippen LogP contribution in [0.5, 0.6) is 0 Å². The average Bonchev–Trinajstić information content (AvgIpc) is 2.26. The third kappa shape index (κ3) is 2.97. The van der Waals surface area contributed by atoms with Gasteiger partial charge in [0.05, 0.1) is 9.85 Å². The second kappa shape index (κ2) is 5.35. The first kappa shape index (κ1) is 13.0. The van der Waals surface area contributed by atoms with E-state index in [4.69, 9.17) is 5.73 Å². The van der Waals surface area contributed by atoms with Crippen molar-refractivity contribution in [2.75, 3.05) is 6.54 Å². The first-order valence-electron chi connectivity index (χ1n) is 5.09. The summed E-state index contributed by atoms with van der Waals surface area (Å²) in [6.07, 6.45) is 0.716. The van der Waals surface area contributed by atoms with Gasteiger partial charge in [-0.3, -0.25) is 20.2 Å². The van der Waals surface area contributed by atoms with Gasteiger partial charge >= 0.3 is 0 Å². The molecule has 0 saturated heterocycles. The van der Waals surface area contributed by atoms with E-state index in [0.717, 1.165) is 0 Å². The molecule has 7 heteroatoms. The number of rotatable bonds is 5. The molecule has 17 heavy (non-hydrogen) atoms. The van der Waals surface area contributed by atoms with Crippen molar-refractivity contribution in [3.05, 3.63) is 43.5 Å². The van der Waals surface area contributed by atoms with Crippen LogP contribution in [-0.4, -0.2) is 16.4 Å². The molecule has 0 radical (unpaired) electrons. The molecule has 0 aliphatic heterocycles. The first-order valence-corrected chi connectivity index (χ1v) is 5.09. The van der Waals surface area contributed by atoms with E-state index in [9.17, 15) is 20.2 Å². The van der Waals surface area contributed by atoms with Crippen molar-refractivity contribution in [3.63, 3.8) is 0 Å². The maximum absolute atomic E-state index is 10.9. The molecule has 0 atom stereocenters. The standard InChI is InChI=1S/C10H13N3O4/c1-7-5-9(12(14)15)8(3-2-4-11)10(6-7)13(16)17/h5-6H,2-4,11H2,1H3. The molecule has 0 bridgehead atoms. The lowest BCUT2D eigenvalue weighted by Gasteiger charge is -2.04. The molecule has 7 nitrogen and oxygen atoms in total. The van der Waals surface area contributed by atoms with Crippen LogP contribution in [0.15, 0.2) is 12.1 Å². The normalized spacial score (nSPS) is 10.2. The maximum Gasteiger partial charge on any atom is 0.279 e. The molecule has 0 aliphatic carbocycles. The van der Waals surface area contributed by atoms with Crippen LogP contribution in [0.2, 0.25) is 0 Å². The highest BCUT2D eigenvalue weighted by Crippen LogP contribution is 2.31. The number of nitrogens with two attached hydrogens (primary N) is 1. The summed E-state index contributed by atoms with van der Waals surface area (Å²) in [5.41, 5.74) is 5.56. The summed E-state index contributed by atoms with van der Waals surface area (Å²) in [4.78, 5) is 20.5. The fraction of sp³-hybridized carbons (Fsp3) is 0.400. The smallest absolute Gasteiger partial charge is 0.279 e. The summed E-state index contributed by atoms with van der Waals surface area (Å²) in [5.74, 6) is 0. The lowest BCUT2D eigenvalue weighted by molar-refractivity contribution is -0.395. The number of aryl methyl sites for hydroxylation is 1.